The summed E-state index contributed by atoms with van der Waals surface area (Å²) >= 11 is 0. The molecule has 134 valence electrons. The number of aromatic nitrogens is 1. The second-order valence-corrected chi connectivity index (χ2v) is 6.07. The lowest BCUT2D eigenvalue weighted by Crippen LogP contribution is -2.40. The van der Waals surface area contributed by atoms with Crippen molar-refractivity contribution in [3.05, 3.63) is 59.7 Å². The molecule has 0 saturated carbocycles. The summed E-state index contributed by atoms with van der Waals surface area (Å²) in [5.74, 6) is -0.646. The molecule has 26 heavy (non-hydrogen) atoms. The van der Waals surface area contributed by atoms with Gasteiger partial charge in [0.25, 0.3) is 0 Å². The van der Waals surface area contributed by atoms with E-state index in [0.717, 1.165) is 24.6 Å². The van der Waals surface area contributed by atoms with Crippen molar-refractivity contribution < 1.29 is 13.9 Å². The summed E-state index contributed by atoms with van der Waals surface area (Å²) in [5.41, 5.74) is 0.971. The Morgan fingerprint density at radius 2 is 2.31 bits per heavy atom. The lowest BCUT2D eigenvalue weighted by atomic mass is 10.2. The van der Waals surface area contributed by atoms with Gasteiger partial charge < -0.3 is 15.0 Å². The molecular formula is C19H19FN4O2. The van der Waals surface area contributed by atoms with Gasteiger partial charge in [-0.05, 0) is 43.2 Å². The second kappa shape index (κ2) is 8.41. The molecule has 1 aliphatic rings. The van der Waals surface area contributed by atoms with E-state index in [9.17, 15) is 9.18 Å². The fraction of sp³-hybridized carbons (Fsp3) is 0.316. The third-order valence-electron chi connectivity index (χ3n) is 4.15. The fourth-order valence-electron chi connectivity index (χ4n) is 2.82. The van der Waals surface area contributed by atoms with Crippen LogP contribution in [0, 0.1) is 17.1 Å². The van der Waals surface area contributed by atoms with E-state index in [-0.39, 0.29) is 17.4 Å². The minimum Gasteiger partial charge on any atom is -0.376 e. The summed E-state index contributed by atoms with van der Waals surface area (Å²) < 4.78 is 19.7. The van der Waals surface area contributed by atoms with E-state index in [0.29, 0.717) is 19.7 Å². The summed E-state index contributed by atoms with van der Waals surface area (Å²) in [5, 5.41) is 11.4. The number of rotatable bonds is 5. The molecule has 0 unspecified atom stereocenters. The van der Waals surface area contributed by atoms with Crippen molar-refractivity contribution in [2.45, 2.75) is 25.5 Å². The molecule has 2 amide bonds. The van der Waals surface area contributed by atoms with Gasteiger partial charge in [0.2, 0.25) is 0 Å². The zero-order valence-corrected chi connectivity index (χ0v) is 14.2. The van der Waals surface area contributed by atoms with Crippen LogP contribution < -0.4 is 5.32 Å². The minimum atomic E-state index is -0.646. The molecule has 6 nitrogen and oxygen atoms in total. The van der Waals surface area contributed by atoms with Crippen molar-refractivity contribution in [3.8, 4) is 6.07 Å². The van der Waals surface area contributed by atoms with E-state index in [1.807, 2.05) is 18.2 Å². The van der Waals surface area contributed by atoms with Crippen LogP contribution in [0.4, 0.5) is 14.9 Å². The molecule has 1 N–H and O–H groups in total. The molecule has 0 bridgehead atoms. The molecule has 7 heteroatoms. The van der Waals surface area contributed by atoms with Gasteiger partial charge in [-0.3, -0.25) is 4.98 Å². The van der Waals surface area contributed by atoms with Gasteiger partial charge in [0.05, 0.1) is 35.7 Å². The first-order valence-corrected chi connectivity index (χ1v) is 8.43. The fourth-order valence-corrected chi connectivity index (χ4v) is 2.82. The Bertz CT molecular complexity index is 801. The molecule has 1 aromatic carbocycles. The van der Waals surface area contributed by atoms with Crippen molar-refractivity contribution in [1.29, 1.82) is 5.26 Å². The number of carbonyl (C=O) groups excluding carboxylic acids is 1. The van der Waals surface area contributed by atoms with Crippen molar-refractivity contribution in [2.75, 3.05) is 18.5 Å². The number of amides is 2. The van der Waals surface area contributed by atoms with Crippen molar-refractivity contribution in [2.24, 2.45) is 0 Å². The van der Waals surface area contributed by atoms with E-state index < -0.39 is 11.8 Å². The number of carbonyl (C=O) groups is 1. The van der Waals surface area contributed by atoms with Crippen molar-refractivity contribution in [3.63, 3.8) is 0 Å². The SMILES string of the molecule is N#Cc1ccc(NC(=O)N(Cc2ccccn2)C[C@H]2CCCO2)c(F)c1. The highest BCUT2D eigenvalue weighted by molar-refractivity contribution is 5.89. The van der Waals surface area contributed by atoms with Crippen LogP contribution in [-0.2, 0) is 11.3 Å². The second-order valence-electron chi connectivity index (χ2n) is 6.07. The highest BCUT2D eigenvalue weighted by atomic mass is 19.1. The molecule has 0 spiro atoms. The predicted octanol–water partition coefficient (Wildman–Crippen LogP) is 3.31. The number of nitrogens with one attached hydrogen (secondary N) is 1. The van der Waals surface area contributed by atoms with Crippen LogP contribution in [0.5, 0.6) is 0 Å². The first-order chi connectivity index (χ1) is 12.7. The maximum Gasteiger partial charge on any atom is 0.322 e. The molecule has 1 fully saturated rings. The Hall–Kier alpha value is -2.98. The Labute approximate surface area is 151 Å². The monoisotopic (exact) mass is 354 g/mol. The van der Waals surface area contributed by atoms with Gasteiger partial charge in [-0.25, -0.2) is 9.18 Å². The molecule has 1 aliphatic heterocycles. The highest BCUT2D eigenvalue weighted by Crippen LogP contribution is 2.18. The number of benzene rings is 1. The van der Waals surface area contributed by atoms with Crippen LogP contribution in [0.2, 0.25) is 0 Å². The van der Waals surface area contributed by atoms with E-state index in [4.69, 9.17) is 10.00 Å². The minimum absolute atomic E-state index is 0.0322. The van der Waals surface area contributed by atoms with E-state index in [1.54, 1.807) is 17.2 Å². The third-order valence-corrected chi connectivity index (χ3v) is 4.15. The summed E-state index contributed by atoms with van der Waals surface area (Å²) in [6.07, 6.45) is 3.48. The van der Waals surface area contributed by atoms with Gasteiger partial charge in [0.1, 0.15) is 5.82 Å². The first-order valence-electron chi connectivity index (χ1n) is 8.43. The van der Waals surface area contributed by atoms with E-state index in [1.165, 1.54) is 12.1 Å². The average Bonchev–Trinajstić information content (AvgIpc) is 3.17. The van der Waals surface area contributed by atoms with Gasteiger partial charge in [-0.2, -0.15) is 5.26 Å². The maximum atomic E-state index is 14.1. The zero-order chi connectivity index (χ0) is 18.4. The van der Waals surface area contributed by atoms with Gasteiger partial charge in [0, 0.05) is 19.3 Å². The highest BCUT2D eigenvalue weighted by Gasteiger charge is 2.23. The lowest BCUT2D eigenvalue weighted by molar-refractivity contribution is 0.0816. The summed E-state index contributed by atoms with van der Waals surface area (Å²) in [6, 6.07) is 10.9. The molecule has 0 radical (unpaired) electrons. The summed E-state index contributed by atoms with van der Waals surface area (Å²) in [4.78, 5) is 18.5. The molecule has 2 aromatic rings. The summed E-state index contributed by atoms with van der Waals surface area (Å²) in [7, 11) is 0. The number of nitrogens with zero attached hydrogens (tertiary/aromatic N) is 3. The normalized spacial score (nSPS) is 16.1. The number of ether oxygens (including phenoxy) is 1. The lowest BCUT2D eigenvalue weighted by Gasteiger charge is -2.25. The largest absolute Gasteiger partial charge is 0.376 e. The first kappa shape index (κ1) is 17.8. The predicted molar refractivity (Wildman–Crippen MR) is 93.8 cm³/mol. The summed E-state index contributed by atoms with van der Waals surface area (Å²) in [6.45, 7) is 1.39. The number of hydrogen-bond acceptors (Lipinski definition) is 4. The van der Waals surface area contributed by atoms with Gasteiger partial charge >= 0.3 is 6.03 Å². The number of hydrogen-bond donors (Lipinski definition) is 1. The zero-order valence-electron chi connectivity index (χ0n) is 14.2. The topological polar surface area (TPSA) is 78.3 Å². The molecule has 1 aromatic heterocycles. The number of urea groups is 1. The maximum absolute atomic E-state index is 14.1. The Morgan fingerprint density at radius 1 is 1.42 bits per heavy atom. The Morgan fingerprint density at radius 3 is 2.96 bits per heavy atom. The third kappa shape index (κ3) is 4.55. The number of nitriles is 1. The van der Waals surface area contributed by atoms with Crippen LogP contribution in [0.3, 0.4) is 0 Å². The van der Waals surface area contributed by atoms with Gasteiger partial charge in [-0.15, -0.1) is 0 Å². The number of anilines is 1. The number of halogens is 1. The molecule has 1 atom stereocenters. The van der Waals surface area contributed by atoms with Gasteiger partial charge in [0.15, 0.2) is 0 Å². The van der Waals surface area contributed by atoms with Crippen LogP contribution in [0.25, 0.3) is 0 Å². The van der Waals surface area contributed by atoms with E-state index in [2.05, 4.69) is 10.3 Å². The smallest absolute Gasteiger partial charge is 0.322 e. The number of pyridine rings is 1. The van der Waals surface area contributed by atoms with Crippen molar-refractivity contribution in [1.82, 2.24) is 9.88 Å². The van der Waals surface area contributed by atoms with Crippen LogP contribution in [0.1, 0.15) is 24.1 Å². The Kier molecular flexibility index (Phi) is 5.77. The van der Waals surface area contributed by atoms with Crippen molar-refractivity contribution >= 4 is 11.7 Å². The quantitative estimate of drug-likeness (QED) is 0.893. The van der Waals surface area contributed by atoms with Crippen LogP contribution >= 0.6 is 0 Å². The van der Waals surface area contributed by atoms with Crippen LogP contribution in [-0.4, -0.2) is 35.2 Å². The molecule has 0 aliphatic carbocycles. The molecule has 1 saturated heterocycles. The average molecular weight is 354 g/mol. The molecule has 2 heterocycles. The van der Waals surface area contributed by atoms with Crippen LogP contribution in [0.15, 0.2) is 42.6 Å². The Balaban J connectivity index is 1.74. The molecule has 3 rings (SSSR count). The molecular weight excluding hydrogens is 335 g/mol. The van der Waals surface area contributed by atoms with Gasteiger partial charge in [-0.1, -0.05) is 6.07 Å². The standard InChI is InChI=1S/C19H19FN4O2/c20-17-10-14(11-21)6-7-18(17)23-19(25)24(13-16-5-3-9-26-16)12-15-4-1-2-8-22-15/h1-2,4,6-8,10,16H,3,5,9,12-13H2,(H,23,25)/t16-/m1/s1. The van der Waals surface area contributed by atoms with E-state index >= 15 is 0 Å².